The van der Waals surface area contributed by atoms with E-state index in [-0.39, 0.29) is 18.3 Å². The molecule has 1 saturated carbocycles. The highest BCUT2D eigenvalue weighted by Crippen LogP contribution is 2.48. The lowest BCUT2D eigenvalue weighted by molar-refractivity contribution is -0.148. The van der Waals surface area contributed by atoms with Gasteiger partial charge in [0.25, 0.3) is 0 Å². The normalized spacial score (nSPS) is 22.8. The molecular formula is C20H27NO5. The van der Waals surface area contributed by atoms with Crippen molar-refractivity contribution in [3.8, 4) is 11.5 Å². The molecule has 1 heterocycles. The van der Waals surface area contributed by atoms with Gasteiger partial charge in [0.1, 0.15) is 5.78 Å². The molecule has 1 fully saturated rings. The summed E-state index contributed by atoms with van der Waals surface area (Å²) < 4.78 is 16.1. The lowest BCUT2D eigenvalue weighted by Crippen LogP contribution is -2.55. The lowest BCUT2D eigenvalue weighted by atomic mass is 9.70. The number of benzene rings is 1. The number of hydrogen-bond donors (Lipinski definition) is 0. The van der Waals surface area contributed by atoms with Crippen molar-refractivity contribution in [2.45, 2.75) is 44.6 Å². The van der Waals surface area contributed by atoms with Gasteiger partial charge in [-0.2, -0.15) is 0 Å². The number of carbonyl (C=O) groups excluding carboxylic acids is 2. The Morgan fingerprint density at radius 1 is 1.19 bits per heavy atom. The minimum absolute atomic E-state index is 0.203. The van der Waals surface area contributed by atoms with Crippen LogP contribution in [0.25, 0.3) is 0 Å². The van der Waals surface area contributed by atoms with Gasteiger partial charge in [-0.1, -0.05) is 0 Å². The summed E-state index contributed by atoms with van der Waals surface area (Å²) in [5, 5.41) is 0. The number of rotatable bonds is 5. The number of carbonyl (C=O) groups is 2. The molecule has 2 aliphatic rings. The van der Waals surface area contributed by atoms with Gasteiger partial charge in [0.2, 0.25) is 0 Å². The Morgan fingerprint density at radius 2 is 1.92 bits per heavy atom. The molecule has 1 aliphatic heterocycles. The molecule has 3 rings (SSSR count). The highest BCUT2D eigenvalue weighted by molar-refractivity contribution is 5.81. The molecule has 1 atom stereocenters. The largest absolute Gasteiger partial charge is 0.493 e. The first-order chi connectivity index (χ1) is 12.5. The highest BCUT2D eigenvalue weighted by Gasteiger charge is 2.46. The number of esters is 1. The van der Waals surface area contributed by atoms with Crippen LogP contribution in [-0.4, -0.2) is 50.6 Å². The average Bonchev–Trinajstić information content (AvgIpc) is 2.63. The van der Waals surface area contributed by atoms with E-state index in [1.807, 2.05) is 12.1 Å². The Balaban J connectivity index is 2.06. The van der Waals surface area contributed by atoms with Crippen molar-refractivity contribution in [2.24, 2.45) is 0 Å². The zero-order chi connectivity index (χ0) is 18.7. The number of Topliss-reactive ketones (excluding diaryl/α,β-unsaturated/α-hetero) is 1. The third-order valence-electron chi connectivity index (χ3n) is 5.53. The van der Waals surface area contributed by atoms with Crippen LogP contribution in [0.4, 0.5) is 0 Å². The van der Waals surface area contributed by atoms with Crippen molar-refractivity contribution in [1.82, 2.24) is 4.90 Å². The maximum atomic E-state index is 12.4. The van der Waals surface area contributed by atoms with Crippen molar-refractivity contribution >= 4 is 11.8 Å². The molecule has 6 nitrogen and oxygen atoms in total. The molecule has 142 valence electrons. The van der Waals surface area contributed by atoms with E-state index in [1.165, 1.54) is 0 Å². The molecule has 0 amide bonds. The molecule has 1 unspecified atom stereocenters. The minimum Gasteiger partial charge on any atom is -0.493 e. The van der Waals surface area contributed by atoms with Crippen molar-refractivity contribution < 1.29 is 23.8 Å². The third-order valence-corrected chi connectivity index (χ3v) is 5.53. The molecule has 0 N–H and O–H groups in total. The number of ether oxygens (including phenoxy) is 3. The van der Waals surface area contributed by atoms with Gasteiger partial charge in [-0.3, -0.25) is 14.5 Å². The Bertz CT molecular complexity index is 702. The lowest BCUT2D eigenvalue weighted by Gasteiger charge is -2.49. The zero-order valence-corrected chi connectivity index (χ0v) is 15.8. The highest BCUT2D eigenvalue weighted by atomic mass is 16.5. The first-order valence-electron chi connectivity index (χ1n) is 9.21. The number of methoxy groups -OCH3 is 2. The van der Waals surface area contributed by atoms with Gasteiger partial charge in [-0.25, -0.2) is 0 Å². The van der Waals surface area contributed by atoms with E-state index in [4.69, 9.17) is 14.2 Å². The quantitative estimate of drug-likeness (QED) is 0.751. The molecule has 26 heavy (non-hydrogen) atoms. The summed E-state index contributed by atoms with van der Waals surface area (Å²) in [7, 11) is 3.24. The maximum Gasteiger partial charge on any atom is 0.320 e. The average molecular weight is 361 g/mol. The summed E-state index contributed by atoms with van der Waals surface area (Å²) >= 11 is 0. The van der Waals surface area contributed by atoms with E-state index in [1.54, 1.807) is 21.1 Å². The van der Waals surface area contributed by atoms with Gasteiger partial charge < -0.3 is 14.2 Å². The summed E-state index contributed by atoms with van der Waals surface area (Å²) in [5.41, 5.74) is 1.78. The Hall–Kier alpha value is -2.08. The summed E-state index contributed by atoms with van der Waals surface area (Å²) in [6, 6.07) is 4.00. The number of nitrogens with zero attached hydrogens (tertiary/aromatic N) is 1. The van der Waals surface area contributed by atoms with E-state index >= 15 is 0 Å². The Morgan fingerprint density at radius 3 is 2.58 bits per heavy atom. The van der Waals surface area contributed by atoms with Crippen molar-refractivity contribution in [1.29, 1.82) is 0 Å². The van der Waals surface area contributed by atoms with Crippen LogP contribution in [0.1, 0.15) is 43.7 Å². The molecule has 0 aromatic heterocycles. The summed E-state index contributed by atoms with van der Waals surface area (Å²) in [4.78, 5) is 26.7. The van der Waals surface area contributed by atoms with E-state index in [9.17, 15) is 9.59 Å². The predicted octanol–water partition coefficient (Wildman–Crippen LogP) is 2.46. The molecule has 0 bridgehead atoms. The van der Waals surface area contributed by atoms with Gasteiger partial charge in [-0.15, -0.1) is 0 Å². The summed E-state index contributed by atoms with van der Waals surface area (Å²) in [5.74, 6) is 1.35. The second-order valence-corrected chi connectivity index (χ2v) is 6.94. The van der Waals surface area contributed by atoms with Crippen LogP contribution in [0, 0.1) is 0 Å². The first-order valence-corrected chi connectivity index (χ1v) is 9.21. The van der Waals surface area contributed by atoms with Crippen LogP contribution in [0.2, 0.25) is 0 Å². The van der Waals surface area contributed by atoms with Gasteiger partial charge in [0.05, 0.1) is 32.9 Å². The molecular weight excluding hydrogens is 334 g/mol. The fourth-order valence-electron chi connectivity index (χ4n) is 4.37. The second kappa shape index (κ2) is 7.66. The second-order valence-electron chi connectivity index (χ2n) is 6.94. The van der Waals surface area contributed by atoms with Gasteiger partial charge in [0, 0.05) is 19.4 Å². The van der Waals surface area contributed by atoms with Crippen LogP contribution >= 0.6 is 0 Å². The number of hydrogen-bond acceptors (Lipinski definition) is 6. The van der Waals surface area contributed by atoms with Crippen molar-refractivity contribution in [3.63, 3.8) is 0 Å². The minimum atomic E-state index is -0.463. The zero-order valence-electron chi connectivity index (χ0n) is 15.8. The molecule has 6 heteroatoms. The standard InChI is InChI=1S/C20H27NO5/c1-4-26-19(23)13-21-9-7-14-10-17(24-2)18(25-3)11-16(14)20(21)8-5-6-15(22)12-20/h10-11H,4-9,12-13H2,1-3H3. The molecule has 1 aliphatic carbocycles. The first kappa shape index (κ1) is 18.7. The van der Waals surface area contributed by atoms with Gasteiger partial charge >= 0.3 is 5.97 Å². The molecule has 1 spiro atoms. The van der Waals surface area contributed by atoms with Crippen LogP contribution in [0.5, 0.6) is 11.5 Å². The van der Waals surface area contributed by atoms with E-state index in [0.717, 1.165) is 30.4 Å². The van der Waals surface area contributed by atoms with Gasteiger partial charge in [-0.05, 0) is 49.4 Å². The van der Waals surface area contributed by atoms with Gasteiger partial charge in [0.15, 0.2) is 11.5 Å². The molecule has 0 saturated heterocycles. The topological polar surface area (TPSA) is 65.1 Å². The monoisotopic (exact) mass is 361 g/mol. The third kappa shape index (κ3) is 3.30. The fraction of sp³-hybridized carbons (Fsp3) is 0.600. The van der Waals surface area contributed by atoms with E-state index in [2.05, 4.69) is 4.90 Å². The maximum absolute atomic E-state index is 12.4. The number of fused-ring (bicyclic) bond motifs is 2. The fourth-order valence-corrected chi connectivity index (χ4v) is 4.37. The predicted molar refractivity (Wildman–Crippen MR) is 96.6 cm³/mol. The summed E-state index contributed by atoms with van der Waals surface area (Å²) in [6.07, 6.45) is 3.50. The van der Waals surface area contributed by atoms with Crippen molar-refractivity contribution in [3.05, 3.63) is 23.3 Å². The van der Waals surface area contributed by atoms with E-state index < -0.39 is 5.54 Å². The summed E-state index contributed by atoms with van der Waals surface area (Å²) in [6.45, 7) is 3.09. The SMILES string of the molecule is CCOC(=O)CN1CCc2cc(OC)c(OC)cc2C12CCCC(=O)C2. The van der Waals surface area contributed by atoms with Crippen LogP contribution in [-0.2, 0) is 26.3 Å². The Kier molecular flexibility index (Phi) is 5.51. The number of ketones is 1. The molecule has 1 aromatic carbocycles. The van der Waals surface area contributed by atoms with Crippen LogP contribution < -0.4 is 9.47 Å². The van der Waals surface area contributed by atoms with Crippen LogP contribution in [0.15, 0.2) is 12.1 Å². The van der Waals surface area contributed by atoms with E-state index in [0.29, 0.717) is 37.5 Å². The van der Waals surface area contributed by atoms with Crippen molar-refractivity contribution in [2.75, 3.05) is 33.9 Å². The van der Waals surface area contributed by atoms with Crippen LogP contribution in [0.3, 0.4) is 0 Å². The molecule has 1 aromatic rings. The smallest absolute Gasteiger partial charge is 0.320 e. The molecule has 0 radical (unpaired) electrons. The Labute approximate surface area is 154 Å².